The van der Waals surface area contributed by atoms with Crippen LogP contribution in [-0.2, 0) is 14.4 Å². The van der Waals surface area contributed by atoms with E-state index in [2.05, 4.69) is 20.6 Å². The number of nitrogens with two attached hydrogens (primary N) is 1. The Bertz CT molecular complexity index is 1150. The van der Waals surface area contributed by atoms with Crippen LogP contribution in [0.4, 0.5) is 17.5 Å². The van der Waals surface area contributed by atoms with Crippen LogP contribution in [0.2, 0.25) is 0 Å². The number of primary amides is 1. The van der Waals surface area contributed by atoms with Crippen LogP contribution in [0.3, 0.4) is 0 Å². The lowest BCUT2D eigenvalue weighted by atomic mass is 9.92. The highest BCUT2D eigenvalue weighted by molar-refractivity contribution is 6.04. The minimum Gasteiger partial charge on any atom is -0.369 e. The SMILES string of the molecule is Cc1ccc(NC(=O)[C@@H]2CC(=O)Nc3nc(N4CCC(C(N)=O)CC4)[nH]c(=O)c32)c(C)c1. The van der Waals surface area contributed by atoms with Crippen molar-refractivity contribution in [3.05, 3.63) is 45.2 Å². The molecule has 0 unspecified atom stereocenters. The van der Waals surface area contributed by atoms with Gasteiger partial charge < -0.3 is 21.3 Å². The van der Waals surface area contributed by atoms with Gasteiger partial charge in [0, 0.05) is 31.1 Å². The zero-order valence-electron chi connectivity index (χ0n) is 18.0. The van der Waals surface area contributed by atoms with Crippen molar-refractivity contribution in [1.29, 1.82) is 0 Å². The molecule has 1 aromatic heterocycles. The van der Waals surface area contributed by atoms with Gasteiger partial charge in [-0.05, 0) is 38.3 Å². The maximum Gasteiger partial charge on any atom is 0.258 e. The lowest BCUT2D eigenvalue weighted by Crippen LogP contribution is -2.41. The van der Waals surface area contributed by atoms with Gasteiger partial charge in [-0.2, -0.15) is 4.98 Å². The van der Waals surface area contributed by atoms with Crippen molar-refractivity contribution in [2.75, 3.05) is 28.6 Å². The van der Waals surface area contributed by atoms with Gasteiger partial charge >= 0.3 is 0 Å². The van der Waals surface area contributed by atoms with Crippen LogP contribution >= 0.6 is 0 Å². The largest absolute Gasteiger partial charge is 0.369 e. The van der Waals surface area contributed by atoms with Crippen LogP contribution in [0.25, 0.3) is 0 Å². The fraction of sp³-hybridized carbons (Fsp3) is 0.409. The highest BCUT2D eigenvalue weighted by atomic mass is 16.2. The molecule has 2 aliphatic heterocycles. The summed E-state index contributed by atoms with van der Waals surface area (Å²) in [6.07, 6.45) is 0.977. The van der Waals surface area contributed by atoms with Crippen molar-refractivity contribution in [3.63, 3.8) is 0 Å². The van der Waals surface area contributed by atoms with Crippen LogP contribution in [-0.4, -0.2) is 40.8 Å². The first-order valence-electron chi connectivity index (χ1n) is 10.6. The van der Waals surface area contributed by atoms with Crippen molar-refractivity contribution in [1.82, 2.24) is 9.97 Å². The van der Waals surface area contributed by atoms with Gasteiger partial charge in [-0.25, -0.2) is 0 Å². The van der Waals surface area contributed by atoms with Gasteiger partial charge in [-0.15, -0.1) is 0 Å². The molecule has 0 radical (unpaired) electrons. The molecular formula is C22H26N6O4. The van der Waals surface area contributed by atoms with Gasteiger partial charge in [0.05, 0.1) is 11.5 Å². The Morgan fingerprint density at radius 3 is 2.56 bits per heavy atom. The number of nitrogens with one attached hydrogen (secondary N) is 3. The first-order chi connectivity index (χ1) is 15.2. The number of aryl methyl sites for hydroxylation is 2. The number of carbonyl (C=O) groups excluding carboxylic acids is 3. The summed E-state index contributed by atoms with van der Waals surface area (Å²) >= 11 is 0. The number of aromatic nitrogens is 2. The number of carbonyl (C=O) groups is 3. The Balaban J connectivity index is 1.60. The first kappa shape index (κ1) is 21.5. The maximum atomic E-state index is 13.0. The van der Waals surface area contributed by atoms with Gasteiger partial charge in [-0.1, -0.05) is 17.7 Å². The van der Waals surface area contributed by atoms with Crippen LogP contribution in [0.15, 0.2) is 23.0 Å². The number of benzene rings is 1. The normalized spacial score (nSPS) is 18.6. The summed E-state index contributed by atoms with van der Waals surface area (Å²) in [5.41, 5.74) is 7.64. The Morgan fingerprint density at radius 2 is 1.91 bits per heavy atom. The highest BCUT2D eigenvalue weighted by Crippen LogP contribution is 2.31. The van der Waals surface area contributed by atoms with Gasteiger partial charge in [0.15, 0.2) is 0 Å². The van der Waals surface area contributed by atoms with E-state index in [1.54, 1.807) is 6.07 Å². The van der Waals surface area contributed by atoms with Crippen LogP contribution in [0.5, 0.6) is 0 Å². The van der Waals surface area contributed by atoms with Crippen LogP contribution in [0, 0.1) is 19.8 Å². The van der Waals surface area contributed by atoms with Crippen LogP contribution in [0.1, 0.15) is 41.9 Å². The van der Waals surface area contributed by atoms with E-state index in [0.29, 0.717) is 37.6 Å². The standard InChI is InChI=1S/C22H26N6O4/c1-11-3-4-15(12(2)9-11)24-20(31)14-10-16(29)25-19-17(14)21(32)27-22(26-19)28-7-5-13(6-8-28)18(23)30/h3-4,9,13-14H,5-8,10H2,1-2H3,(H2,23,30)(H,24,31)(H2,25,26,27,29,32)/t14-/m1/s1. The Labute approximate surface area is 184 Å². The molecule has 1 fully saturated rings. The lowest BCUT2D eigenvalue weighted by molar-refractivity contribution is -0.123. The van der Waals surface area contributed by atoms with E-state index in [-0.39, 0.29) is 35.5 Å². The van der Waals surface area contributed by atoms with Crippen LogP contribution < -0.4 is 26.8 Å². The summed E-state index contributed by atoms with van der Waals surface area (Å²) in [5.74, 6) is -1.91. The quantitative estimate of drug-likeness (QED) is 0.562. The van der Waals surface area contributed by atoms with E-state index in [0.717, 1.165) is 11.1 Å². The minimum atomic E-state index is -0.953. The fourth-order valence-corrected chi connectivity index (χ4v) is 4.28. The molecule has 0 spiro atoms. The van der Waals surface area contributed by atoms with Gasteiger partial charge in [0.2, 0.25) is 23.7 Å². The summed E-state index contributed by atoms with van der Waals surface area (Å²) in [7, 11) is 0. The van der Waals surface area contributed by atoms with Gasteiger partial charge in [0.1, 0.15) is 5.82 Å². The molecular weight excluding hydrogens is 412 g/mol. The monoisotopic (exact) mass is 438 g/mol. The highest BCUT2D eigenvalue weighted by Gasteiger charge is 2.35. The number of rotatable bonds is 4. The van der Waals surface area contributed by atoms with Crippen molar-refractivity contribution >= 4 is 35.2 Å². The van der Waals surface area contributed by atoms with Gasteiger partial charge in [0.25, 0.3) is 5.56 Å². The Kier molecular flexibility index (Phi) is 5.68. The number of piperidine rings is 1. The Hall–Kier alpha value is -3.69. The number of fused-ring (bicyclic) bond motifs is 1. The van der Waals surface area contributed by atoms with E-state index >= 15 is 0 Å². The first-order valence-corrected chi connectivity index (χ1v) is 10.6. The molecule has 0 saturated carbocycles. The molecule has 0 bridgehead atoms. The zero-order chi connectivity index (χ0) is 23.0. The van der Waals surface area contributed by atoms with E-state index in [9.17, 15) is 19.2 Å². The number of anilines is 3. The van der Waals surface area contributed by atoms with Crippen molar-refractivity contribution < 1.29 is 14.4 Å². The average Bonchev–Trinajstić information content (AvgIpc) is 2.74. The molecule has 2 aromatic rings. The fourth-order valence-electron chi connectivity index (χ4n) is 4.28. The van der Waals surface area contributed by atoms with E-state index in [1.165, 1.54) is 0 Å². The molecule has 1 saturated heterocycles. The summed E-state index contributed by atoms with van der Waals surface area (Å²) in [4.78, 5) is 58.7. The van der Waals surface area contributed by atoms with Gasteiger partial charge in [-0.3, -0.25) is 24.2 Å². The average molecular weight is 438 g/mol. The summed E-state index contributed by atoms with van der Waals surface area (Å²) in [6, 6.07) is 5.62. The molecule has 1 aromatic carbocycles. The number of amides is 3. The van der Waals surface area contributed by atoms with E-state index < -0.39 is 17.4 Å². The second kappa shape index (κ2) is 8.45. The number of aromatic amines is 1. The molecule has 3 heterocycles. The summed E-state index contributed by atoms with van der Waals surface area (Å²) in [5, 5.41) is 5.46. The molecule has 3 amide bonds. The molecule has 1 atom stereocenters. The molecule has 10 heteroatoms. The Morgan fingerprint density at radius 1 is 1.19 bits per heavy atom. The number of nitrogens with zero attached hydrogens (tertiary/aromatic N) is 2. The molecule has 2 aliphatic rings. The van der Waals surface area contributed by atoms with Crippen molar-refractivity contribution in [3.8, 4) is 0 Å². The zero-order valence-corrected chi connectivity index (χ0v) is 18.0. The predicted molar refractivity (Wildman–Crippen MR) is 120 cm³/mol. The topological polar surface area (TPSA) is 150 Å². The second-order valence-corrected chi connectivity index (χ2v) is 8.43. The molecule has 168 valence electrons. The molecule has 5 N–H and O–H groups in total. The van der Waals surface area contributed by atoms with Crippen molar-refractivity contribution in [2.24, 2.45) is 11.7 Å². The van der Waals surface area contributed by atoms with Crippen molar-refractivity contribution in [2.45, 2.75) is 39.0 Å². The third kappa shape index (κ3) is 4.20. The third-order valence-electron chi connectivity index (χ3n) is 6.09. The predicted octanol–water partition coefficient (Wildman–Crippen LogP) is 1.15. The number of hydrogen-bond donors (Lipinski definition) is 4. The smallest absolute Gasteiger partial charge is 0.258 e. The minimum absolute atomic E-state index is 0.0952. The molecule has 0 aliphatic carbocycles. The molecule has 4 rings (SSSR count). The molecule has 32 heavy (non-hydrogen) atoms. The second-order valence-electron chi connectivity index (χ2n) is 8.43. The third-order valence-corrected chi connectivity index (χ3v) is 6.09. The van der Waals surface area contributed by atoms with E-state index in [4.69, 9.17) is 5.73 Å². The lowest BCUT2D eigenvalue weighted by Gasteiger charge is -2.32. The number of hydrogen-bond acceptors (Lipinski definition) is 6. The number of H-pyrrole nitrogens is 1. The summed E-state index contributed by atoms with van der Waals surface area (Å²) in [6.45, 7) is 4.84. The molecule has 10 nitrogen and oxygen atoms in total. The maximum absolute atomic E-state index is 13.0. The van der Waals surface area contributed by atoms with E-state index in [1.807, 2.05) is 30.9 Å². The summed E-state index contributed by atoms with van der Waals surface area (Å²) < 4.78 is 0.